The van der Waals surface area contributed by atoms with Crippen molar-refractivity contribution in [2.45, 2.75) is 71.6 Å². The minimum atomic E-state index is -0.0259. The molecule has 0 atom stereocenters. The van der Waals surface area contributed by atoms with Crippen molar-refractivity contribution in [3.8, 4) is 0 Å². The Morgan fingerprint density at radius 1 is 0.333 bits per heavy atom. The van der Waals surface area contributed by atoms with Gasteiger partial charge in [-0.25, -0.2) is 0 Å². The van der Waals surface area contributed by atoms with E-state index in [4.69, 9.17) is 0 Å². The maximum Gasteiger partial charge on any atom is 0.221 e. The van der Waals surface area contributed by atoms with Crippen LogP contribution in [-0.4, -0.2) is 283 Å². The summed E-state index contributed by atoms with van der Waals surface area (Å²) in [4.78, 5) is 71.8. The van der Waals surface area contributed by atoms with Crippen molar-refractivity contribution >= 4 is 41.9 Å². The molecule has 0 aliphatic carbocycles. The Morgan fingerprint density at radius 2 is 0.500 bits per heavy atom. The van der Waals surface area contributed by atoms with Crippen molar-refractivity contribution in [3.05, 3.63) is 14.1 Å². The highest BCUT2D eigenvalue weighted by molar-refractivity contribution is 5.85. The van der Waals surface area contributed by atoms with Gasteiger partial charge in [-0.05, 0) is 0 Å². The second-order valence-corrected chi connectivity index (χ2v) is 23.2. The predicted molar refractivity (Wildman–Crippen MR) is 288 cm³/mol. The molecule has 5 amide bonds. The minimum Gasteiger partial charge on any atom is -1.00 e. The van der Waals surface area contributed by atoms with Gasteiger partial charge in [0, 0.05) is 184 Å². The highest BCUT2D eigenvalue weighted by Crippen LogP contribution is 2.04. The van der Waals surface area contributed by atoms with Gasteiger partial charge in [0.05, 0.1) is 96.2 Å². The lowest BCUT2D eigenvalue weighted by Gasteiger charge is -2.32. The van der Waals surface area contributed by atoms with Crippen LogP contribution in [0.1, 0.15) is 71.6 Å². The molecule has 18 nitrogen and oxygen atoms in total. The molecule has 0 aromatic heterocycles. The van der Waals surface area contributed by atoms with Gasteiger partial charge in [0.2, 0.25) is 29.5 Å². The fraction of sp³-hybridized carbons (Fsp3) is 0.860. The number of halogens is 4. The molecule has 0 radical (unpaired) electrons. The van der Waals surface area contributed by atoms with E-state index in [1.54, 1.807) is 0 Å². The topological polar surface area (TPSA) is 155 Å². The summed E-state index contributed by atoms with van der Waals surface area (Å²) in [6.07, 6.45) is 5.90. The summed E-state index contributed by atoms with van der Waals surface area (Å²) in [5, 5.41) is 15.4. The van der Waals surface area contributed by atoms with Gasteiger partial charge < -0.3 is 101 Å². The molecule has 434 valence electrons. The number of carbonyl (C=O) groups is 5. The maximum atomic E-state index is 13.2. The highest BCUT2D eigenvalue weighted by atomic mass is 35.5. The summed E-state index contributed by atoms with van der Waals surface area (Å²) in [5.74, 6) is -0.0628. The first-order valence-electron chi connectivity index (χ1n) is 25.2. The van der Waals surface area contributed by atoms with E-state index in [-0.39, 0.29) is 86.6 Å². The van der Waals surface area contributed by atoms with E-state index in [9.17, 15) is 24.0 Å². The number of amides is 5. The molecule has 22 heteroatoms. The molecule has 0 unspecified atom stereocenters. The number of hydrogen-bond donors (Lipinski definition) is 5. The van der Waals surface area contributed by atoms with Gasteiger partial charge in [-0.1, -0.05) is 7.43 Å². The van der Waals surface area contributed by atoms with Crippen molar-refractivity contribution in [2.24, 2.45) is 0 Å². The summed E-state index contributed by atoms with van der Waals surface area (Å²) in [6, 6.07) is 0. The summed E-state index contributed by atoms with van der Waals surface area (Å²) in [6.45, 7) is 12.5. The molecule has 0 saturated heterocycles. The van der Waals surface area contributed by atoms with Crippen LogP contribution >= 0.6 is 12.4 Å². The largest absolute Gasteiger partial charge is 1.00 e. The van der Waals surface area contributed by atoms with E-state index in [1.807, 2.05) is 28.2 Å². The van der Waals surface area contributed by atoms with Gasteiger partial charge in [0.15, 0.2) is 0 Å². The third-order valence-corrected chi connectivity index (χ3v) is 11.2. The fourth-order valence-corrected chi connectivity index (χ4v) is 7.13. The van der Waals surface area contributed by atoms with E-state index in [0.717, 1.165) is 78.3 Å². The number of hydrogen-bond acceptors (Lipinski definition) is 8. The van der Waals surface area contributed by atoms with E-state index >= 15 is 0 Å². The summed E-state index contributed by atoms with van der Waals surface area (Å²) in [7, 11) is 35.6. The lowest BCUT2D eigenvalue weighted by Crippen LogP contribution is -3.00. The number of nitrogens with one attached hydrogen (secondary N) is 5. The second kappa shape index (κ2) is 43.3. The standard InChI is InChI=1S/C49H103N13O5.CH4.4ClH/c1-58(2,3)40-16-26-50-45(63)21-31-55(32-22-46(64)51-27-17-41-59(4,5)6)36-38-57(35-25-49(67)54-30-20-44-62(13,14)15)39-37-56(33-23-47(65)52-28-18-42-60(7,8)9)34-24-48(66)53-29-19-43-61(10,11)12;;;;;/h1,4,16-44H2,2-3,5-15H3,(H2-3,50,51,52,53,54,63,64,65,66,67);1H4;4*1H. The summed E-state index contributed by atoms with van der Waals surface area (Å²) >= 11 is 0. The van der Waals surface area contributed by atoms with Crippen molar-refractivity contribution in [3.63, 3.8) is 0 Å². The van der Waals surface area contributed by atoms with Gasteiger partial charge in [-0.2, -0.15) is 0 Å². The van der Waals surface area contributed by atoms with Crippen LogP contribution in [-0.2, 0) is 24.0 Å². The quantitative estimate of drug-likeness (QED) is 0.0230. The van der Waals surface area contributed by atoms with Crippen LogP contribution < -0.4 is 63.8 Å². The average Bonchev–Trinajstić information content (AvgIpc) is 3.19. The Morgan fingerprint density at radius 3 is 0.667 bits per heavy atom. The van der Waals surface area contributed by atoms with Crippen LogP contribution in [0, 0.1) is 14.1 Å². The van der Waals surface area contributed by atoms with E-state index in [1.165, 1.54) is 0 Å². The van der Waals surface area contributed by atoms with E-state index < -0.39 is 0 Å². The predicted octanol–water partition coefficient (Wildman–Crippen LogP) is -7.70. The van der Waals surface area contributed by atoms with Gasteiger partial charge in [0.1, 0.15) is 0 Å². The molecule has 0 aromatic rings. The van der Waals surface area contributed by atoms with Crippen molar-refractivity contribution in [2.75, 3.05) is 216 Å². The van der Waals surface area contributed by atoms with Crippen LogP contribution in [0.4, 0.5) is 0 Å². The first-order valence-corrected chi connectivity index (χ1v) is 25.2. The molecule has 0 rings (SSSR count). The molecule has 0 heterocycles. The Hall–Kier alpha value is -1.81. The normalized spacial score (nSPS) is 11.9. The van der Waals surface area contributed by atoms with Gasteiger partial charge in [-0.15, -0.1) is 26.5 Å². The Labute approximate surface area is 466 Å². The molecule has 72 heavy (non-hydrogen) atoms. The fourth-order valence-electron chi connectivity index (χ4n) is 7.13. The lowest BCUT2D eigenvalue weighted by molar-refractivity contribution is -0.870. The van der Waals surface area contributed by atoms with Crippen molar-refractivity contribution in [1.29, 1.82) is 0 Å². The average molecular weight is 1120 g/mol. The van der Waals surface area contributed by atoms with Crippen LogP contribution in [0.3, 0.4) is 0 Å². The molecular weight excluding hydrogens is 1000 g/mol. The summed E-state index contributed by atoms with van der Waals surface area (Å²) < 4.78 is 3.68. The van der Waals surface area contributed by atoms with Gasteiger partial charge in [-0.3, -0.25) is 24.0 Å². The monoisotopic (exact) mass is 1110 g/mol. The van der Waals surface area contributed by atoms with Crippen LogP contribution in [0.15, 0.2) is 0 Å². The summed E-state index contributed by atoms with van der Waals surface area (Å²) in [5.41, 5.74) is 0. The maximum absolute atomic E-state index is 13.2. The molecule has 0 aliphatic heterocycles. The van der Waals surface area contributed by atoms with Gasteiger partial charge >= 0.3 is 0 Å². The molecule has 0 spiro atoms. The molecule has 0 saturated carbocycles. The molecular formula is C50H111Cl4N13O5. The number of quaternary nitrogens is 5. The first kappa shape index (κ1) is 81.6. The third kappa shape index (κ3) is 57.5. The van der Waals surface area contributed by atoms with E-state index in [0.29, 0.717) is 133 Å². The van der Waals surface area contributed by atoms with Crippen molar-refractivity contribution < 1.29 is 83.6 Å². The van der Waals surface area contributed by atoms with Crippen LogP contribution in [0.2, 0.25) is 0 Å². The molecule has 0 bridgehead atoms. The smallest absolute Gasteiger partial charge is 0.221 e. The van der Waals surface area contributed by atoms with Crippen LogP contribution in [0.25, 0.3) is 0 Å². The van der Waals surface area contributed by atoms with Crippen molar-refractivity contribution in [1.82, 2.24) is 41.3 Å². The third-order valence-electron chi connectivity index (χ3n) is 11.2. The number of rotatable bonds is 41. The molecule has 5 N–H and O–H groups in total. The van der Waals surface area contributed by atoms with Gasteiger partial charge in [0.25, 0.3) is 0 Å². The second-order valence-electron chi connectivity index (χ2n) is 23.2. The van der Waals surface area contributed by atoms with E-state index in [2.05, 4.69) is 119 Å². The zero-order chi connectivity index (χ0) is 51.2. The van der Waals surface area contributed by atoms with Crippen LogP contribution in [0.5, 0.6) is 0 Å². The molecule has 0 aromatic carbocycles. The number of carbonyl (C=O) groups excluding carboxylic acids is 5. The zero-order valence-electron chi connectivity index (χ0n) is 47.1. The Bertz CT molecular complexity index is 1240. The molecule has 0 aliphatic rings. The minimum absolute atomic E-state index is 0. The SMILES string of the molecule is C.Cl.[CH2-][N+](C)(C)CCCNC(=O)CCN(CCC(=O)NCCC[N+]([CH2-])(C)C)CCN(CCC(=O)NCCC[N+](C)(C)C)CCN(CCC(=O)NCCC[N+](C)(C)C)CCC(=O)NCCC[N+](C)(C)C.[Cl-].[Cl-].[Cl-]. The Balaban J connectivity index is -0.00000218. The lowest BCUT2D eigenvalue weighted by atomic mass is 10.2. The first-order chi connectivity index (χ1) is 30.9. The highest BCUT2D eigenvalue weighted by Gasteiger charge is 2.18. The molecule has 0 fully saturated rings. The zero-order valence-corrected chi connectivity index (χ0v) is 50.2. The Kier molecular flexibility index (Phi) is 49.1. The number of nitrogens with zero attached hydrogens (tertiary/aromatic N) is 8.